The van der Waals surface area contributed by atoms with Crippen molar-refractivity contribution in [2.75, 3.05) is 0 Å². The molecule has 2 aliphatic carbocycles. The highest BCUT2D eigenvalue weighted by Gasteiger charge is 2.50. The van der Waals surface area contributed by atoms with E-state index in [0.717, 1.165) is 30.6 Å². The second kappa shape index (κ2) is 17.6. The van der Waals surface area contributed by atoms with Crippen molar-refractivity contribution < 1.29 is 13.3 Å². The van der Waals surface area contributed by atoms with E-state index in [4.69, 9.17) is 13.3 Å². The molecule has 45 heavy (non-hydrogen) atoms. The van der Waals surface area contributed by atoms with Crippen molar-refractivity contribution in [2.45, 2.75) is 224 Å². The second-order valence-corrected chi connectivity index (χ2v) is 36.3. The van der Waals surface area contributed by atoms with Gasteiger partial charge in [-0.05, 0) is 94.9 Å². The van der Waals surface area contributed by atoms with Crippen LogP contribution in [-0.2, 0) is 13.3 Å². The fourth-order valence-corrected chi connectivity index (χ4v) is 23.5. The molecule has 0 amide bonds. The Morgan fingerprint density at radius 1 is 0.600 bits per heavy atom. The van der Waals surface area contributed by atoms with Crippen LogP contribution in [0.15, 0.2) is 0 Å². The summed E-state index contributed by atoms with van der Waals surface area (Å²) in [7, 11) is -6.91. The fourth-order valence-electron chi connectivity index (χ4n) is 10.0. The van der Waals surface area contributed by atoms with Gasteiger partial charge in [-0.15, -0.1) is 0 Å². The van der Waals surface area contributed by atoms with E-state index in [-0.39, 0.29) is 17.8 Å². The molecule has 0 aromatic heterocycles. The third-order valence-corrected chi connectivity index (χ3v) is 26.0. The molecule has 0 radical (unpaired) electrons. The van der Waals surface area contributed by atoms with Crippen LogP contribution in [0.2, 0.25) is 81.6 Å². The highest BCUT2D eigenvalue weighted by molar-refractivity contribution is 6.80. The predicted molar refractivity (Wildman–Crippen MR) is 209 cm³/mol. The average Bonchev–Trinajstić information content (AvgIpc) is 3.59. The summed E-state index contributed by atoms with van der Waals surface area (Å²) in [5.41, 5.74) is -0.359. The molecule has 0 aromatic carbocycles. The van der Waals surface area contributed by atoms with Gasteiger partial charge in [-0.3, -0.25) is 0 Å². The maximum absolute atomic E-state index is 7.48. The minimum absolute atomic E-state index is 0.125. The summed E-state index contributed by atoms with van der Waals surface area (Å²) in [5, 5.41) is 0. The monoisotopic (exact) mass is 697 g/mol. The van der Waals surface area contributed by atoms with Gasteiger partial charge in [-0.25, -0.2) is 0 Å². The summed E-state index contributed by atoms with van der Waals surface area (Å²) in [6.07, 6.45) is 19.9. The first-order valence-electron chi connectivity index (χ1n) is 20.1. The van der Waals surface area contributed by atoms with Gasteiger partial charge in [-0.1, -0.05) is 129 Å². The van der Waals surface area contributed by atoms with E-state index in [1.54, 1.807) is 24.2 Å². The summed E-state index contributed by atoms with van der Waals surface area (Å²) in [6, 6.07) is 10.1. The van der Waals surface area contributed by atoms with E-state index in [0.29, 0.717) is 0 Å². The van der Waals surface area contributed by atoms with Gasteiger partial charge >= 0.3 is 0 Å². The zero-order chi connectivity index (χ0) is 33.4. The van der Waals surface area contributed by atoms with Crippen LogP contribution < -0.4 is 0 Å². The van der Waals surface area contributed by atoms with E-state index in [1.165, 1.54) is 95.2 Å². The van der Waals surface area contributed by atoms with Crippen molar-refractivity contribution in [2.24, 2.45) is 17.8 Å². The van der Waals surface area contributed by atoms with Crippen LogP contribution in [0.4, 0.5) is 0 Å². The molecule has 4 unspecified atom stereocenters. The molecule has 7 heteroatoms. The lowest BCUT2D eigenvalue weighted by Gasteiger charge is -2.50. The standard InChI is InChI=1S/C32H68O3Si4.C6H12/c1-11-30-32(4)31(12-2)34-37(7,8)22-16-26-39(25-15-21-36(5,6)33-30,27-17-23-38(9,10)35-32)24-14-20-29-19-13-18-28(29)3;1-6-4-2-3-5-6/h28-31H,11-27H2,1-10H3;6H,2-5H2,1H3. The zero-order valence-corrected chi connectivity index (χ0v) is 36.5. The third-order valence-electron chi connectivity index (χ3n) is 12.9. The van der Waals surface area contributed by atoms with Crippen LogP contribution in [0.5, 0.6) is 0 Å². The SMILES string of the molecule is CC1CCCC1.CCC1O[Si](C)(C)CCC[Si]2(CCCC3CCCC3C)CCC[Si](C)(C)OC(CC)C1(C)O[Si](C)(C)CCC2. The summed E-state index contributed by atoms with van der Waals surface area (Å²) in [6.45, 7) is 26.9. The minimum Gasteiger partial charge on any atom is -0.411 e. The van der Waals surface area contributed by atoms with Crippen LogP contribution in [0, 0.1) is 17.8 Å². The molecule has 0 N–H and O–H groups in total. The van der Waals surface area contributed by atoms with E-state index < -0.39 is 33.0 Å². The first-order valence-corrected chi connectivity index (χ1v) is 32.3. The summed E-state index contributed by atoms with van der Waals surface area (Å²) >= 11 is 0. The Morgan fingerprint density at radius 2 is 1.09 bits per heavy atom. The average molecular weight is 697 g/mol. The van der Waals surface area contributed by atoms with Crippen LogP contribution in [0.1, 0.15) is 125 Å². The number of rotatable bonds is 6. The van der Waals surface area contributed by atoms with Gasteiger partial charge in [0.25, 0.3) is 0 Å². The lowest BCUT2D eigenvalue weighted by molar-refractivity contribution is -0.111. The predicted octanol–water partition coefficient (Wildman–Crippen LogP) is 13.0. The smallest absolute Gasteiger partial charge is 0.187 e. The molecule has 2 aliphatic heterocycles. The molecule has 2 heterocycles. The molecule has 0 aromatic rings. The van der Waals surface area contributed by atoms with Crippen molar-refractivity contribution in [3.8, 4) is 0 Å². The zero-order valence-electron chi connectivity index (χ0n) is 32.5. The normalized spacial score (nSPS) is 37.9. The maximum Gasteiger partial charge on any atom is 0.187 e. The van der Waals surface area contributed by atoms with Gasteiger partial charge in [0, 0.05) is 0 Å². The van der Waals surface area contributed by atoms with Crippen LogP contribution in [0.3, 0.4) is 0 Å². The minimum atomic E-state index is -1.90. The third kappa shape index (κ3) is 12.5. The van der Waals surface area contributed by atoms with Crippen molar-refractivity contribution >= 4 is 33.0 Å². The molecule has 4 fully saturated rings. The molecule has 4 aliphatic rings. The fraction of sp³-hybridized carbons (Fsp3) is 1.00. The second-order valence-electron chi connectivity index (χ2n) is 18.6. The van der Waals surface area contributed by atoms with Crippen molar-refractivity contribution in [1.82, 2.24) is 0 Å². The number of hydrogen-bond donors (Lipinski definition) is 0. The van der Waals surface area contributed by atoms with Gasteiger partial charge in [0.05, 0.1) is 20.3 Å². The highest BCUT2D eigenvalue weighted by atomic mass is 28.4. The Kier molecular flexibility index (Phi) is 15.7. The van der Waals surface area contributed by atoms with E-state index in [9.17, 15) is 0 Å². The molecule has 2 bridgehead atoms. The topological polar surface area (TPSA) is 27.7 Å². The largest absolute Gasteiger partial charge is 0.411 e. The summed E-state index contributed by atoms with van der Waals surface area (Å²) in [5.74, 6) is 3.02. The Balaban J connectivity index is 0.000000821. The highest BCUT2D eigenvalue weighted by Crippen LogP contribution is 2.43. The molecule has 4 atom stereocenters. The molecular formula is C38H80O3Si4. The molecule has 266 valence electrons. The molecule has 4 rings (SSSR count). The van der Waals surface area contributed by atoms with Gasteiger partial charge < -0.3 is 13.3 Å². The Morgan fingerprint density at radius 3 is 1.49 bits per heavy atom. The molecule has 3 nitrogen and oxygen atoms in total. The first-order chi connectivity index (χ1) is 21.0. The quantitative estimate of drug-likeness (QED) is 0.259. The van der Waals surface area contributed by atoms with Crippen LogP contribution >= 0.6 is 0 Å². The van der Waals surface area contributed by atoms with Crippen molar-refractivity contribution in [3.63, 3.8) is 0 Å². The van der Waals surface area contributed by atoms with Crippen molar-refractivity contribution in [1.29, 1.82) is 0 Å². The van der Waals surface area contributed by atoms with E-state index in [2.05, 4.69) is 73.9 Å². The van der Waals surface area contributed by atoms with Gasteiger partial charge in [-0.2, -0.15) is 0 Å². The number of hydrogen-bond acceptors (Lipinski definition) is 3. The molecular weight excluding hydrogens is 617 g/mol. The Hall–Kier alpha value is 0.748. The Labute approximate surface area is 286 Å². The lowest BCUT2D eigenvalue weighted by Crippen LogP contribution is -2.61. The first kappa shape index (κ1) is 40.2. The van der Waals surface area contributed by atoms with Gasteiger partial charge in [0.15, 0.2) is 25.0 Å². The van der Waals surface area contributed by atoms with Crippen LogP contribution in [0.25, 0.3) is 0 Å². The molecule has 2 saturated carbocycles. The molecule has 0 spiro atoms. The molecule has 2 saturated heterocycles. The van der Waals surface area contributed by atoms with Gasteiger partial charge in [0.1, 0.15) is 5.60 Å². The van der Waals surface area contributed by atoms with E-state index in [1.807, 2.05) is 0 Å². The van der Waals surface area contributed by atoms with Crippen LogP contribution in [-0.4, -0.2) is 50.8 Å². The summed E-state index contributed by atoms with van der Waals surface area (Å²) in [4.78, 5) is 0. The maximum atomic E-state index is 7.48. The van der Waals surface area contributed by atoms with Crippen molar-refractivity contribution in [3.05, 3.63) is 0 Å². The Bertz CT molecular complexity index is 824. The lowest BCUT2D eigenvalue weighted by atomic mass is 9.89. The van der Waals surface area contributed by atoms with Gasteiger partial charge in [0.2, 0.25) is 0 Å². The summed E-state index contributed by atoms with van der Waals surface area (Å²) < 4.78 is 22.0. The number of fused-ring (bicyclic) bond motifs is 6. The van der Waals surface area contributed by atoms with E-state index >= 15 is 0 Å².